The minimum atomic E-state index is -3.90. The van der Waals surface area contributed by atoms with E-state index in [4.69, 9.17) is 35.3 Å². The number of nitrogens with zero attached hydrogens (tertiary/aromatic N) is 5. The highest BCUT2D eigenvalue weighted by molar-refractivity contribution is 14.1. The molecule has 6 rings (SSSR count). The lowest BCUT2D eigenvalue weighted by Gasteiger charge is -2.23. The van der Waals surface area contributed by atoms with Crippen molar-refractivity contribution in [2.75, 3.05) is 13.2 Å². The first kappa shape index (κ1) is 36.5. The van der Waals surface area contributed by atoms with E-state index in [1.54, 1.807) is 36.5 Å². The monoisotopic (exact) mass is 851 g/mol. The van der Waals surface area contributed by atoms with E-state index >= 15 is 0 Å². The molecule has 1 fully saturated rings. The zero-order valence-corrected chi connectivity index (χ0v) is 31.3. The van der Waals surface area contributed by atoms with Gasteiger partial charge in [-0.2, -0.15) is 9.97 Å². The average molecular weight is 852 g/mol. The van der Waals surface area contributed by atoms with Gasteiger partial charge >= 0.3 is 23.9 Å². The number of carbonyl (C=O) groups excluding carboxylic acids is 3. The van der Waals surface area contributed by atoms with E-state index in [0.717, 1.165) is 20.1 Å². The van der Waals surface area contributed by atoms with Crippen LogP contribution in [0.4, 0.5) is 0 Å². The van der Waals surface area contributed by atoms with Gasteiger partial charge in [0.25, 0.3) is 10.0 Å². The molecule has 15 nitrogen and oxygen atoms in total. The van der Waals surface area contributed by atoms with Gasteiger partial charge in [0.2, 0.25) is 0 Å². The molecule has 0 bridgehead atoms. The summed E-state index contributed by atoms with van der Waals surface area (Å²) in [5.74, 6) is -1.94. The Morgan fingerprint density at radius 3 is 2.37 bits per heavy atom. The van der Waals surface area contributed by atoms with Crippen LogP contribution in [0.15, 0.2) is 59.9 Å². The summed E-state index contributed by atoms with van der Waals surface area (Å²) in [6.45, 7) is 5.23. The van der Waals surface area contributed by atoms with E-state index in [-0.39, 0.29) is 46.9 Å². The summed E-state index contributed by atoms with van der Waals surface area (Å²) in [5, 5.41) is 0.702. The van der Waals surface area contributed by atoms with Gasteiger partial charge in [0, 0.05) is 42.3 Å². The molecule has 0 unspecified atom stereocenters. The molecule has 268 valence electrons. The fraction of sp³-hybridized carbons (Fsp3) is 0.333. The number of aryl methyl sites for hydroxylation is 1. The van der Waals surface area contributed by atoms with Crippen LogP contribution in [0, 0.1) is 10.5 Å². The van der Waals surface area contributed by atoms with Gasteiger partial charge in [-0.25, -0.2) is 17.4 Å². The summed E-state index contributed by atoms with van der Waals surface area (Å²) < 4.78 is 59.2. The molecule has 1 aliphatic rings. The van der Waals surface area contributed by atoms with Gasteiger partial charge in [-0.3, -0.25) is 19.0 Å². The number of esters is 3. The molecule has 0 aliphatic carbocycles. The van der Waals surface area contributed by atoms with Gasteiger partial charge in [-0.15, -0.1) is 0 Å². The molecule has 1 saturated heterocycles. The fourth-order valence-corrected chi connectivity index (χ4v) is 7.83. The molecule has 4 atom stereocenters. The lowest BCUT2D eigenvalue weighted by Crippen LogP contribution is -2.40. The van der Waals surface area contributed by atoms with Crippen LogP contribution in [0.2, 0.25) is 5.15 Å². The highest BCUT2D eigenvalue weighted by Gasteiger charge is 2.51. The van der Waals surface area contributed by atoms with Crippen LogP contribution in [0.5, 0.6) is 6.01 Å². The number of benzene rings is 2. The topological polar surface area (TPSA) is 180 Å². The van der Waals surface area contributed by atoms with Gasteiger partial charge in [0.15, 0.2) is 29.2 Å². The van der Waals surface area contributed by atoms with Crippen molar-refractivity contribution in [3.8, 4) is 6.01 Å². The van der Waals surface area contributed by atoms with Crippen molar-refractivity contribution >= 4 is 84.2 Å². The molecule has 2 aromatic carbocycles. The van der Waals surface area contributed by atoms with Crippen LogP contribution >= 0.6 is 34.2 Å². The maximum absolute atomic E-state index is 13.7. The number of halogens is 2. The second kappa shape index (κ2) is 14.7. The Hall–Kier alpha value is -4.33. The molecule has 0 amide bonds. The first-order valence-electron chi connectivity index (χ1n) is 15.5. The van der Waals surface area contributed by atoms with Crippen molar-refractivity contribution in [2.45, 2.75) is 63.6 Å². The van der Waals surface area contributed by atoms with Crippen molar-refractivity contribution < 1.29 is 46.5 Å². The number of carbonyl (C=O) groups is 3. The number of hydrogen-bond acceptors (Lipinski definition) is 13. The summed E-state index contributed by atoms with van der Waals surface area (Å²) in [6.07, 6.45) is -1.23. The quantitative estimate of drug-likeness (QED) is 0.0784. The molecule has 1 aliphatic heterocycles. The van der Waals surface area contributed by atoms with E-state index in [1.807, 2.05) is 19.1 Å². The van der Waals surface area contributed by atoms with E-state index < -0.39 is 52.5 Å². The Kier molecular flexibility index (Phi) is 10.5. The Morgan fingerprint density at radius 1 is 0.980 bits per heavy atom. The summed E-state index contributed by atoms with van der Waals surface area (Å²) in [6, 6.07) is 12.1. The van der Waals surface area contributed by atoms with Gasteiger partial charge in [0.1, 0.15) is 18.2 Å². The van der Waals surface area contributed by atoms with Crippen LogP contribution in [0.3, 0.4) is 0 Å². The zero-order valence-electron chi connectivity index (χ0n) is 27.6. The molecule has 51 heavy (non-hydrogen) atoms. The Morgan fingerprint density at radius 2 is 1.69 bits per heavy atom. The molecular weight excluding hydrogens is 821 g/mol. The standard InChI is InChI=1S/C33H31ClIN5O10S/c1-17-5-8-23(9-6-17)51(44,45)40-14-21(24-13-22(35)7-10-25(24)40)11-12-46-33-37-30(34)27-31(38-33)39(16-36-27)32-29(49-20(4)43)28(48-19(3)42)26(50-32)15-47-18(2)41/h5-10,13-14,16,26,28-29,32H,11-12,15H2,1-4H3/t26-,28-,29-,32-/m1/s1. The van der Waals surface area contributed by atoms with Crippen molar-refractivity contribution in [2.24, 2.45) is 0 Å². The molecule has 0 N–H and O–H groups in total. The van der Waals surface area contributed by atoms with Crippen LogP contribution in [-0.4, -0.2) is 81.3 Å². The van der Waals surface area contributed by atoms with Crippen molar-refractivity contribution in [1.29, 1.82) is 0 Å². The van der Waals surface area contributed by atoms with Gasteiger partial charge in [-0.1, -0.05) is 29.3 Å². The molecular formula is C33H31ClIN5O10S. The maximum atomic E-state index is 13.7. The van der Waals surface area contributed by atoms with E-state index in [9.17, 15) is 22.8 Å². The smallest absolute Gasteiger partial charge is 0.319 e. The van der Waals surface area contributed by atoms with Crippen LogP contribution < -0.4 is 4.74 Å². The number of imidazole rings is 1. The second-order valence-corrected chi connectivity index (χ2v) is 15.1. The molecule has 5 aromatic rings. The third kappa shape index (κ3) is 7.65. The van der Waals surface area contributed by atoms with Crippen LogP contribution in [-0.2, 0) is 49.8 Å². The third-order valence-corrected chi connectivity index (χ3v) is 10.6. The Balaban J connectivity index is 1.28. The predicted octanol–water partition coefficient (Wildman–Crippen LogP) is 4.53. The lowest BCUT2D eigenvalue weighted by atomic mass is 10.1. The van der Waals surface area contributed by atoms with Crippen molar-refractivity contribution in [1.82, 2.24) is 23.5 Å². The summed E-state index contributed by atoms with van der Waals surface area (Å²) in [5.41, 5.74) is 2.51. The molecule has 3 aromatic heterocycles. The molecule has 0 spiro atoms. The first-order valence-corrected chi connectivity index (χ1v) is 18.4. The SMILES string of the molecule is CC(=O)OC[C@H]1O[C@@H](n2cnc3c(Cl)nc(OCCc4cn(S(=O)(=O)c5ccc(C)cc5)c5ccc(I)cc45)nc32)[C@H](OC(C)=O)[C@@H]1OC(C)=O. The molecule has 4 heterocycles. The van der Waals surface area contributed by atoms with E-state index in [0.29, 0.717) is 5.52 Å². The maximum Gasteiger partial charge on any atom is 0.319 e. The summed E-state index contributed by atoms with van der Waals surface area (Å²) in [7, 11) is -3.90. The normalized spacial score (nSPS) is 18.9. The van der Waals surface area contributed by atoms with Crippen molar-refractivity contribution in [3.63, 3.8) is 0 Å². The van der Waals surface area contributed by atoms with Gasteiger partial charge in [-0.05, 0) is 65.4 Å². The van der Waals surface area contributed by atoms with Crippen molar-refractivity contribution in [3.05, 3.63) is 74.8 Å². The highest BCUT2D eigenvalue weighted by atomic mass is 127. The van der Waals surface area contributed by atoms with Crippen LogP contribution in [0.25, 0.3) is 22.1 Å². The molecule has 0 saturated carbocycles. The number of aromatic nitrogens is 5. The number of ether oxygens (including phenoxy) is 5. The predicted molar refractivity (Wildman–Crippen MR) is 190 cm³/mol. The summed E-state index contributed by atoms with van der Waals surface area (Å²) >= 11 is 8.67. The van der Waals surface area contributed by atoms with Gasteiger partial charge in [0.05, 0.1) is 23.3 Å². The lowest BCUT2D eigenvalue weighted by molar-refractivity contribution is -0.166. The summed E-state index contributed by atoms with van der Waals surface area (Å²) in [4.78, 5) is 48.9. The highest BCUT2D eigenvalue weighted by Crippen LogP contribution is 2.37. The minimum absolute atomic E-state index is 0.0418. The van der Waals surface area contributed by atoms with E-state index in [1.165, 1.54) is 35.6 Å². The van der Waals surface area contributed by atoms with E-state index in [2.05, 4.69) is 37.5 Å². The minimum Gasteiger partial charge on any atom is -0.463 e. The number of rotatable bonds is 11. The Bertz CT molecular complexity index is 2260. The average Bonchev–Trinajstić information content (AvgIpc) is 3.74. The van der Waals surface area contributed by atoms with Crippen LogP contribution in [0.1, 0.15) is 38.1 Å². The zero-order chi connectivity index (χ0) is 36.6. The first-order chi connectivity index (χ1) is 24.2. The Labute approximate surface area is 310 Å². The number of hydrogen-bond donors (Lipinski definition) is 0. The fourth-order valence-electron chi connectivity index (χ4n) is 5.74. The largest absolute Gasteiger partial charge is 0.463 e. The second-order valence-electron chi connectivity index (χ2n) is 11.7. The third-order valence-electron chi connectivity index (χ3n) is 7.97. The number of fused-ring (bicyclic) bond motifs is 2. The molecule has 0 radical (unpaired) electrons. The molecule has 18 heteroatoms. The van der Waals surface area contributed by atoms with Gasteiger partial charge < -0.3 is 23.7 Å².